The Morgan fingerprint density at radius 2 is 1.96 bits per heavy atom. The van der Waals surface area contributed by atoms with Crippen LogP contribution < -0.4 is 5.32 Å². The fourth-order valence-electron chi connectivity index (χ4n) is 4.61. The lowest BCUT2D eigenvalue weighted by Gasteiger charge is -2.32. The zero-order valence-electron chi connectivity index (χ0n) is 16.0. The number of pyridine rings is 1. The molecule has 1 saturated heterocycles. The van der Waals surface area contributed by atoms with Crippen molar-refractivity contribution in [1.29, 1.82) is 0 Å². The number of aromatic nitrogens is 1. The summed E-state index contributed by atoms with van der Waals surface area (Å²) in [6.07, 6.45) is 9.36. The first kappa shape index (κ1) is 18.9. The van der Waals surface area contributed by atoms with Crippen LogP contribution in [0.3, 0.4) is 0 Å². The number of hydrogen-bond donors (Lipinski definition) is 1. The van der Waals surface area contributed by atoms with Gasteiger partial charge in [0.15, 0.2) is 5.78 Å². The Bertz CT molecular complexity index is 824. The lowest BCUT2D eigenvalue weighted by Crippen LogP contribution is -2.33. The van der Waals surface area contributed by atoms with Crippen LogP contribution in [-0.2, 0) is 0 Å². The molecule has 4 nitrogen and oxygen atoms in total. The molecular weight excluding hydrogens is 402 g/mol. The van der Waals surface area contributed by atoms with Crippen LogP contribution in [0.5, 0.6) is 0 Å². The van der Waals surface area contributed by atoms with Gasteiger partial charge in [-0.3, -0.25) is 9.78 Å². The summed E-state index contributed by atoms with van der Waals surface area (Å²) in [6, 6.07) is 6.50. The minimum Gasteiger partial charge on any atom is -0.381 e. The van der Waals surface area contributed by atoms with E-state index >= 15 is 0 Å². The summed E-state index contributed by atoms with van der Waals surface area (Å²) in [5, 5.41) is 4.74. The number of rotatable bonds is 5. The van der Waals surface area contributed by atoms with E-state index in [-0.39, 0.29) is 5.78 Å². The van der Waals surface area contributed by atoms with Gasteiger partial charge in [0, 0.05) is 28.6 Å². The molecule has 2 aliphatic rings. The van der Waals surface area contributed by atoms with E-state index in [1.807, 2.05) is 12.1 Å². The van der Waals surface area contributed by atoms with Crippen LogP contribution in [0.4, 0.5) is 5.69 Å². The highest BCUT2D eigenvalue weighted by Gasteiger charge is 2.25. The van der Waals surface area contributed by atoms with Crippen LogP contribution in [0.15, 0.2) is 28.9 Å². The summed E-state index contributed by atoms with van der Waals surface area (Å²) in [4.78, 5) is 19.3. The Balaban J connectivity index is 1.49. The quantitative estimate of drug-likeness (QED) is 0.657. The molecule has 2 heterocycles. The second kappa shape index (κ2) is 8.27. The maximum Gasteiger partial charge on any atom is 0.163 e. The predicted octanol–water partition coefficient (Wildman–Crippen LogP) is 5.27. The minimum absolute atomic E-state index is 0.0644. The summed E-state index contributed by atoms with van der Waals surface area (Å²) in [6.45, 7) is 5.48. The minimum atomic E-state index is 0.0644. The average molecular weight is 430 g/mol. The molecule has 1 aliphatic heterocycles. The molecule has 1 saturated carbocycles. The molecule has 2 aromatic rings. The number of halogens is 1. The molecule has 0 radical (unpaired) electrons. The van der Waals surface area contributed by atoms with Gasteiger partial charge in [-0.1, -0.05) is 15.9 Å². The zero-order chi connectivity index (χ0) is 18.8. The van der Waals surface area contributed by atoms with Crippen LogP contribution >= 0.6 is 15.9 Å². The highest BCUT2D eigenvalue weighted by molar-refractivity contribution is 9.10. The van der Waals surface area contributed by atoms with E-state index in [9.17, 15) is 4.79 Å². The second-order valence-electron chi connectivity index (χ2n) is 8.13. The topological polar surface area (TPSA) is 45.2 Å². The molecule has 0 atom stereocenters. The standard InChI is InChI=1S/C22H28BrN3O/c1-15(27)20-13-24-21-9-6-17(23)12-19(21)22(20)25-18-7-4-16(5-8-18)14-26-10-2-3-11-26/h6,9,12-13,16,18H,2-5,7-8,10-11,14H2,1H3,(H,24,25). The first-order valence-corrected chi connectivity index (χ1v) is 11.0. The van der Waals surface area contributed by atoms with Crippen molar-refractivity contribution in [2.45, 2.75) is 51.5 Å². The normalized spacial score (nSPS) is 23.6. The summed E-state index contributed by atoms with van der Waals surface area (Å²) in [7, 11) is 0. The molecule has 27 heavy (non-hydrogen) atoms. The molecule has 0 bridgehead atoms. The van der Waals surface area contributed by atoms with E-state index in [0.717, 1.165) is 27.0 Å². The Labute approximate surface area is 169 Å². The van der Waals surface area contributed by atoms with Crippen molar-refractivity contribution in [3.63, 3.8) is 0 Å². The number of carbonyl (C=O) groups is 1. The zero-order valence-corrected chi connectivity index (χ0v) is 17.6. The Morgan fingerprint density at radius 1 is 1.22 bits per heavy atom. The third-order valence-electron chi connectivity index (χ3n) is 6.12. The van der Waals surface area contributed by atoms with Crippen molar-refractivity contribution in [3.05, 3.63) is 34.4 Å². The first-order valence-electron chi connectivity index (χ1n) is 10.2. The highest BCUT2D eigenvalue weighted by Crippen LogP contribution is 2.33. The van der Waals surface area contributed by atoms with Gasteiger partial charge < -0.3 is 10.2 Å². The number of nitrogens with zero attached hydrogens (tertiary/aromatic N) is 2. The SMILES string of the molecule is CC(=O)c1cnc2ccc(Br)cc2c1NC1CCC(CN2CCCC2)CC1. The smallest absolute Gasteiger partial charge is 0.163 e. The summed E-state index contributed by atoms with van der Waals surface area (Å²) >= 11 is 3.56. The van der Waals surface area contributed by atoms with Gasteiger partial charge in [0.1, 0.15) is 0 Å². The molecule has 5 heteroatoms. The molecule has 1 aromatic carbocycles. The Morgan fingerprint density at radius 3 is 2.67 bits per heavy atom. The Hall–Kier alpha value is -1.46. The number of nitrogens with one attached hydrogen (secondary N) is 1. The number of likely N-dealkylation sites (tertiary alicyclic amines) is 1. The van der Waals surface area contributed by atoms with Gasteiger partial charge in [0.05, 0.1) is 16.8 Å². The number of Topliss-reactive ketones (excluding diaryl/α,β-unsaturated/α-hetero) is 1. The van der Waals surface area contributed by atoms with Crippen molar-refractivity contribution >= 4 is 38.3 Å². The van der Waals surface area contributed by atoms with Crippen LogP contribution in [0.1, 0.15) is 55.8 Å². The number of benzene rings is 1. The molecule has 1 aliphatic carbocycles. The van der Waals surface area contributed by atoms with Crippen molar-refractivity contribution < 1.29 is 4.79 Å². The van der Waals surface area contributed by atoms with Crippen molar-refractivity contribution in [2.24, 2.45) is 5.92 Å². The lowest BCUT2D eigenvalue weighted by molar-refractivity contribution is 0.101. The summed E-state index contributed by atoms with van der Waals surface area (Å²) in [5.41, 5.74) is 2.57. The maximum atomic E-state index is 12.2. The van der Waals surface area contributed by atoms with E-state index in [2.05, 4.69) is 37.2 Å². The largest absolute Gasteiger partial charge is 0.381 e. The highest BCUT2D eigenvalue weighted by atomic mass is 79.9. The number of fused-ring (bicyclic) bond motifs is 1. The van der Waals surface area contributed by atoms with Crippen molar-refractivity contribution in [2.75, 3.05) is 25.0 Å². The van der Waals surface area contributed by atoms with Gasteiger partial charge in [0.25, 0.3) is 0 Å². The third-order valence-corrected chi connectivity index (χ3v) is 6.61. The fourth-order valence-corrected chi connectivity index (χ4v) is 4.97. The molecule has 4 rings (SSSR count). The van der Waals surface area contributed by atoms with Gasteiger partial charge in [0.2, 0.25) is 0 Å². The number of ketones is 1. The average Bonchev–Trinajstić information content (AvgIpc) is 3.16. The monoisotopic (exact) mass is 429 g/mol. The fraction of sp³-hybridized carbons (Fsp3) is 0.545. The first-order chi connectivity index (χ1) is 13.1. The second-order valence-corrected chi connectivity index (χ2v) is 9.05. The van der Waals surface area contributed by atoms with Gasteiger partial charge in [-0.25, -0.2) is 0 Å². The molecule has 2 fully saturated rings. The number of carbonyl (C=O) groups excluding carboxylic acids is 1. The van der Waals surface area contributed by atoms with Gasteiger partial charge in [-0.2, -0.15) is 0 Å². The number of anilines is 1. The number of hydrogen-bond acceptors (Lipinski definition) is 4. The van der Waals surface area contributed by atoms with Crippen molar-refractivity contribution in [3.8, 4) is 0 Å². The molecule has 0 spiro atoms. The van der Waals surface area contributed by atoms with E-state index in [1.165, 1.54) is 58.2 Å². The van der Waals surface area contributed by atoms with Crippen molar-refractivity contribution in [1.82, 2.24) is 9.88 Å². The van der Waals surface area contributed by atoms with Gasteiger partial charge in [-0.15, -0.1) is 0 Å². The van der Waals surface area contributed by atoms with Crippen LogP contribution in [0, 0.1) is 5.92 Å². The molecule has 0 amide bonds. The van der Waals surface area contributed by atoms with E-state index < -0.39 is 0 Å². The molecule has 0 unspecified atom stereocenters. The molecule has 1 N–H and O–H groups in total. The Kier molecular flexibility index (Phi) is 5.79. The molecule has 1 aromatic heterocycles. The summed E-state index contributed by atoms with van der Waals surface area (Å²) in [5.74, 6) is 0.895. The predicted molar refractivity (Wildman–Crippen MR) is 114 cm³/mol. The lowest BCUT2D eigenvalue weighted by atomic mass is 9.85. The van der Waals surface area contributed by atoms with Gasteiger partial charge >= 0.3 is 0 Å². The summed E-state index contributed by atoms with van der Waals surface area (Å²) < 4.78 is 1.01. The van der Waals surface area contributed by atoms with E-state index in [0.29, 0.717) is 11.6 Å². The molecular formula is C22H28BrN3O. The van der Waals surface area contributed by atoms with Gasteiger partial charge in [-0.05, 0) is 82.7 Å². The van der Waals surface area contributed by atoms with E-state index in [1.54, 1.807) is 13.1 Å². The molecule has 144 valence electrons. The third kappa shape index (κ3) is 4.35. The van der Waals surface area contributed by atoms with Crippen LogP contribution in [-0.4, -0.2) is 41.3 Å². The van der Waals surface area contributed by atoms with E-state index in [4.69, 9.17) is 0 Å². The van der Waals surface area contributed by atoms with Crippen LogP contribution in [0.2, 0.25) is 0 Å². The maximum absolute atomic E-state index is 12.2. The van der Waals surface area contributed by atoms with Crippen LogP contribution in [0.25, 0.3) is 10.9 Å².